The summed E-state index contributed by atoms with van der Waals surface area (Å²) in [5.74, 6) is 1.31. The molecule has 2 aromatic carbocycles. The molecule has 0 aromatic heterocycles. The van der Waals surface area contributed by atoms with Crippen molar-refractivity contribution in [2.75, 3.05) is 13.2 Å². The molecule has 1 aliphatic carbocycles. The first-order chi connectivity index (χ1) is 18.4. The van der Waals surface area contributed by atoms with E-state index in [0.29, 0.717) is 24.9 Å². The van der Waals surface area contributed by atoms with Gasteiger partial charge in [0.2, 0.25) is 0 Å². The number of aliphatic hydroxyl groups excluding tert-OH is 1. The topological polar surface area (TPSA) is 46.5 Å². The van der Waals surface area contributed by atoms with E-state index in [9.17, 15) is 9.90 Å². The van der Waals surface area contributed by atoms with Crippen LogP contribution in [0.1, 0.15) is 114 Å². The summed E-state index contributed by atoms with van der Waals surface area (Å²) >= 11 is 0. The average molecular weight is 521 g/mol. The van der Waals surface area contributed by atoms with Gasteiger partial charge in [-0.15, -0.1) is 0 Å². The molecule has 0 saturated heterocycles. The SMILES string of the molecule is CCCCCc1ccc(-c2ccc(C3CCC(CC(CCO)COC(=O)C(C)C)CC3)cc2CC)cc1C. The van der Waals surface area contributed by atoms with Gasteiger partial charge in [-0.3, -0.25) is 4.79 Å². The summed E-state index contributed by atoms with van der Waals surface area (Å²) in [6, 6.07) is 14.3. The van der Waals surface area contributed by atoms with Gasteiger partial charge in [0, 0.05) is 6.61 Å². The number of ether oxygens (including phenoxy) is 1. The summed E-state index contributed by atoms with van der Waals surface area (Å²) in [5.41, 5.74) is 8.60. The van der Waals surface area contributed by atoms with Crippen LogP contribution < -0.4 is 0 Å². The fraction of sp³-hybridized carbons (Fsp3) is 0.629. The zero-order chi connectivity index (χ0) is 27.5. The lowest BCUT2D eigenvalue weighted by molar-refractivity contribution is -0.149. The normalized spacial score (nSPS) is 18.5. The van der Waals surface area contributed by atoms with Crippen molar-refractivity contribution in [2.45, 2.75) is 111 Å². The minimum absolute atomic E-state index is 0.0986. The van der Waals surface area contributed by atoms with E-state index < -0.39 is 0 Å². The van der Waals surface area contributed by atoms with Gasteiger partial charge in [0.15, 0.2) is 0 Å². The first kappa shape index (κ1) is 30.4. The van der Waals surface area contributed by atoms with Gasteiger partial charge in [-0.2, -0.15) is 0 Å². The number of carbonyl (C=O) groups excluding carboxylic acids is 1. The lowest BCUT2D eigenvalue weighted by Crippen LogP contribution is -2.22. The van der Waals surface area contributed by atoms with Gasteiger partial charge in [-0.1, -0.05) is 76.9 Å². The molecule has 1 saturated carbocycles. The molecule has 2 aromatic rings. The summed E-state index contributed by atoms with van der Waals surface area (Å²) in [6.45, 7) is 11.1. The number of esters is 1. The van der Waals surface area contributed by atoms with Crippen molar-refractivity contribution in [3.63, 3.8) is 0 Å². The molecule has 0 heterocycles. The number of carbonyl (C=O) groups is 1. The second-order valence-corrected chi connectivity index (χ2v) is 12.0. The Morgan fingerprint density at radius 2 is 1.76 bits per heavy atom. The van der Waals surface area contributed by atoms with Gasteiger partial charge in [-0.05, 0) is 116 Å². The molecule has 0 spiro atoms. The van der Waals surface area contributed by atoms with E-state index in [4.69, 9.17) is 4.74 Å². The minimum atomic E-state index is -0.134. The van der Waals surface area contributed by atoms with Crippen molar-refractivity contribution in [3.8, 4) is 11.1 Å². The van der Waals surface area contributed by atoms with Gasteiger partial charge in [-0.25, -0.2) is 0 Å². The van der Waals surface area contributed by atoms with E-state index in [-0.39, 0.29) is 24.4 Å². The van der Waals surface area contributed by atoms with E-state index in [2.05, 4.69) is 57.2 Å². The molecule has 3 rings (SSSR count). The molecule has 38 heavy (non-hydrogen) atoms. The Balaban J connectivity index is 1.60. The molecule has 0 amide bonds. The van der Waals surface area contributed by atoms with Gasteiger partial charge >= 0.3 is 5.97 Å². The summed E-state index contributed by atoms with van der Waals surface area (Å²) in [4.78, 5) is 11.9. The lowest BCUT2D eigenvalue weighted by Gasteiger charge is -2.31. The maximum Gasteiger partial charge on any atom is 0.308 e. The van der Waals surface area contributed by atoms with E-state index in [1.165, 1.54) is 84.7 Å². The van der Waals surface area contributed by atoms with Gasteiger partial charge < -0.3 is 9.84 Å². The standard InChI is InChI=1S/C35H52O3/c1-6-8-9-10-30-15-16-33(21-26(30)5)34-18-17-32(23-29(34)7-2)31-13-11-27(12-14-31)22-28(19-20-36)24-38-35(37)25(3)4/h15-18,21,23,25,27-28,31,36H,6-14,19-20,22,24H2,1-5H3. The maximum absolute atomic E-state index is 11.9. The molecule has 1 atom stereocenters. The average Bonchev–Trinajstić information content (AvgIpc) is 2.92. The smallest absolute Gasteiger partial charge is 0.308 e. The Morgan fingerprint density at radius 1 is 1.00 bits per heavy atom. The third-order valence-corrected chi connectivity index (χ3v) is 8.67. The van der Waals surface area contributed by atoms with Crippen LogP contribution in [0.3, 0.4) is 0 Å². The van der Waals surface area contributed by atoms with Gasteiger partial charge in [0.05, 0.1) is 12.5 Å². The lowest BCUT2D eigenvalue weighted by atomic mass is 9.75. The Labute approximate surface area is 232 Å². The van der Waals surface area contributed by atoms with Crippen LogP contribution >= 0.6 is 0 Å². The van der Waals surface area contributed by atoms with E-state index in [1.54, 1.807) is 0 Å². The first-order valence-electron chi connectivity index (χ1n) is 15.4. The van der Waals surface area contributed by atoms with Crippen LogP contribution in [0.5, 0.6) is 0 Å². The Hall–Kier alpha value is -2.13. The molecular formula is C35H52O3. The number of hydrogen-bond acceptors (Lipinski definition) is 3. The monoisotopic (exact) mass is 520 g/mol. The molecule has 1 aliphatic rings. The molecule has 0 radical (unpaired) electrons. The second kappa shape index (κ2) is 15.5. The first-order valence-corrected chi connectivity index (χ1v) is 15.4. The van der Waals surface area contributed by atoms with Crippen molar-refractivity contribution < 1.29 is 14.6 Å². The van der Waals surface area contributed by atoms with Crippen LogP contribution in [0, 0.1) is 24.7 Å². The van der Waals surface area contributed by atoms with E-state index >= 15 is 0 Å². The quantitative estimate of drug-likeness (QED) is 0.200. The highest BCUT2D eigenvalue weighted by atomic mass is 16.5. The molecule has 0 bridgehead atoms. The largest absolute Gasteiger partial charge is 0.465 e. The third kappa shape index (κ3) is 8.70. The van der Waals surface area contributed by atoms with Crippen LogP contribution in [-0.2, 0) is 22.4 Å². The number of aliphatic hydroxyl groups is 1. The van der Waals surface area contributed by atoms with Crippen molar-refractivity contribution in [1.29, 1.82) is 0 Å². The van der Waals surface area contributed by atoms with Crippen LogP contribution in [0.25, 0.3) is 11.1 Å². The van der Waals surface area contributed by atoms with Crippen molar-refractivity contribution >= 4 is 5.97 Å². The number of aryl methyl sites for hydroxylation is 3. The number of hydrogen-bond donors (Lipinski definition) is 1. The highest BCUT2D eigenvalue weighted by molar-refractivity contribution is 5.71. The van der Waals surface area contributed by atoms with Crippen molar-refractivity contribution in [3.05, 3.63) is 58.7 Å². The molecule has 1 N–H and O–H groups in total. The summed E-state index contributed by atoms with van der Waals surface area (Å²) in [6.07, 6.45) is 12.7. The third-order valence-electron chi connectivity index (χ3n) is 8.67. The highest BCUT2D eigenvalue weighted by Crippen LogP contribution is 2.40. The number of unbranched alkanes of at least 4 members (excludes halogenated alkanes) is 2. The van der Waals surface area contributed by atoms with Crippen LogP contribution in [0.4, 0.5) is 0 Å². The molecule has 210 valence electrons. The molecule has 0 aliphatic heterocycles. The van der Waals surface area contributed by atoms with Crippen LogP contribution in [0.15, 0.2) is 36.4 Å². The Morgan fingerprint density at radius 3 is 2.39 bits per heavy atom. The predicted molar refractivity (Wildman–Crippen MR) is 160 cm³/mol. The van der Waals surface area contributed by atoms with Crippen LogP contribution in [0.2, 0.25) is 0 Å². The number of rotatable bonds is 14. The summed E-state index contributed by atoms with van der Waals surface area (Å²) in [7, 11) is 0. The minimum Gasteiger partial charge on any atom is -0.465 e. The molecule has 1 unspecified atom stereocenters. The number of benzene rings is 2. The zero-order valence-corrected chi connectivity index (χ0v) is 24.7. The second-order valence-electron chi connectivity index (χ2n) is 12.0. The summed E-state index contributed by atoms with van der Waals surface area (Å²) in [5, 5.41) is 9.52. The molecule has 3 nitrogen and oxygen atoms in total. The van der Waals surface area contributed by atoms with E-state index in [1.807, 2.05) is 13.8 Å². The molecule has 3 heteroatoms. The molecule has 1 fully saturated rings. The maximum atomic E-state index is 11.9. The fourth-order valence-corrected chi connectivity index (χ4v) is 6.17. The zero-order valence-electron chi connectivity index (χ0n) is 24.7. The van der Waals surface area contributed by atoms with Gasteiger partial charge in [0.1, 0.15) is 0 Å². The Kier molecular flexibility index (Phi) is 12.4. The fourth-order valence-electron chi connectivity index (χ4n) is 6.17. The Bertz CT molecular complexity index is 1000. The van der Waals surface area contributed by atoms with Gasteiger partial charge in [0.25, 0.3) is 0 Å². The van der Waals surface area contributed by atoms with Crippen LogP contribution in [-0.4, -0.2) is 24.3 Å². The summed E-state index contributed by atoms with van der Waals surface area (Å²) < 4.78 is 5.51. The predicted octanol–water partition coefficient (Wildman–Crippen LogP) is 8.82. The van der Waals surface area contributed by atoms with Crippen molar-refractivity contribution in [2.24, 2.45) is 17.8 Å². The van der Waals surface area contributed by atoms with Crippen molar-refractivity contribution in [1.82, 2.24) is 0 Å². The highest BCUT2D eigenvalue weighted by Gasteiger charge is 2.26. The van der Waals surface area contributed by atoms with E-state index in [0.717, 1.165) is 12.8 Å². The molecular weight excluding hydrogens is 468 g/mol.